The Kier molecular flexibility index (Phi) is 4.43. The van der Waals surface area contributed by atoms with E-state index < -0.39 is 0 Å². The number of furan rings is 1. The molecule has 9 heteroatoms. The fraction of sp³-hybridized carbons (Fsp3) is 0.364. The zero-order chi connectivity index (χ0) is 20.8. The van der Waals surface area contributed by atoms with Gasteiger partial charge in [-0.15, -0.1) is 0 Å². The van der Waals surface area contributed by atoms with Crippen LogP contribution in [0.1, 0.15) is 37.0 Å². The summed E-state index contributed by atoms with van der Waals surface area (Å²) < 4.78 is 16.3. The third kappa shape index (κ3) is 3.55. The molecule has 2 fully saturated rings. The van der Waals surface area contributed by atoms with E-state index in [1.165, 1.54) is 0 Å². The molecule has 4 heterocycles. The first-order valence-electron chi connectivity index (χ1n) is 10.4. The van der Waals surface area contributed by atoms with Crippen LogP contribution in [0.4, 0.5) is 0 Å². The Morgan fingerprint density at radius 1 is 1.03 bits per heavy atom. The van der Waals surface area contributed by atoms with Crippen molar-refractivity contribution in [3.05, 3.63) is 59.5 Å². The Hall–Kier alpha value is -2.97. The Balaban J connectivity index is 1.07. The summed E-state index contributed by atoms with van der Waals surface area (Å²) in [4.78, 5) is 11.5. The minimum absolute atomic E-state index is 0.267. The van der Waals surface area contributed by atoms with Crippen LogP contribution in [-0.2, 0) is 6.54 Å². The van der Waals surface area contributed by atoms with Crippen LogP contribution in [0.3, 0.4) is 0 Å². The number of hydrogen-bond donors (Lipinski definition) is 0. The summed E-state index contributed by atoms with van der Waals surface area (Å²) in [5, 5.41) is 8.84. The molecule has 1 saturated carbocycles. The third-order valence-corrected chi connectivity index (χ3v) is 6.67. The standard InChI is InChI=1S/C22H20ClN5O3/c23-15-4-1-3-14(11-15)19-25-21(31-26-19)16-12-22(16)6-8-28(9-7-22)13-18-24-20(27-30-18)17-5-2-10-29-17/h1-5,10-11,16H,6-9,12-13H2/t16-/m0/s1. The molecule has 6 rings (SSSR count). The number of aromatic nitrogens is 4. The number of benzene rings is 1. The molecule has 8 nitrogen and oxygen atoms in total. The van der Waals surface area contributed by atoms with Crippen LogP contribution < -0.4 is 0 Å². The lowest BCUT2D eigenvalue weighted by Gasteiger charge is -2.31. The number of piperidine rings is 1. The Morgan fingerprint density at radius 2 is 1.90 bits per heavy atom. The van der Waals surface area contributed by atoms with E-state index in [0.717, 1.165) is 43.8 Å². The number of halogens is 1. The van der Waals surface area contributed by atoms with E-state index in [4.69, 9.17) is 25.1 Å². The molecular formula is C22H20ClN5O3. The lowest BCUT2D eigenvalue weighted by Crippen LogP contribution is -2.34. The predicted octanol–water partition coefficient (Wildman–Crippen LogP) is 4.80. The number of rotatable bonds is 5. The van der Waals surface area contributed by atoms with E-state index in [9.17, 15) is 0 Å². The van der Waals surface area contributed by atoms with Crippen LogP contribution in [0.2, 0.25) is 5.02 Å². The number of hydrogen-bond acceptors (Lipinski definition) is 8. The lowest BCUT2D eigenvalue weighted by atomic mass is 9.91. The van der Waals surface area contributed by atoms with E-state index in [2.05, 4.69) is 25.2 Å². The molecule has 1 saturated heterocycles. The molecule has 4 aromatic rings. The van der Waals surface area contributed by atoms with Crippen LogP contribution in [-0.4, -0.2) is 38.3 Å². The van der Waals surface area contributed by atoms with Crippen LogP contribution >= 0.6 is 11.6 Å². The summed E-state index contributed by atoms with van der Waals surface area (Å²) in [5.41, 5.74) is 1.14. The van der Waals surface area contributed by atoms with Gasteiger partial charge in [0.15, 0.2) is 5.76 Å². The molecule has 0 bridgehead atoms. The van der Waals surface area contributed by atoms with Gasteiger partial charge in [-0.1, -0.05) is 34.0 Å². The number of nitrogens with zero attached hydrogens (tertiary/aromatic N) is 5. The van der Waals surface area contributed by atoms with Crippen molar-refractivity contribution in [2.75, 3.05) is 13.1 Å². The highest BCUT2D eigenvalue weighted by atomic mass is 35.5. The Bertz CT molecular complexity index is 1190. The molecule has 0 unspecified atom stereocenters. The lowest BCUT2D eigenvalue weighted by molar-refractivity contribution is 0.144. The molecule has 158 valence electrons. The highest BCUT2D eigenvalue weighted by Gasteiger charge is 2.58. The molecular weight excluding hydrogens is 418 g/mol. The molecule has 1 spiro atoms. The van der Waals surface area contributed by atoms with E-state index in [-0.39, 0.29) is 5.41 Å². The van der Waals surface area contributed by atoms with Crippen molar-refractivity contribution < 1.29 is 13.5 Å². The fourth-order valence-electron chi connectivity index (χ4n) is 4.54. The van der Waals surface area contributed by atoms with Crippen molar-refractivity contribution in [1.82, 2.24) is 25.2 Å². The highest BCUT2D eigenvalue weighted by Crippen LogP contribution is 2.64. The SMILES string of the molecule is Clc1cccc(-c2noc([C@@H]3CC34CCN(Cc3nc(-c5ccco5)no3)CC4)n2)c1. The molecule has 1 atom stereocenters. The maximum atomic E-state index is 6.08. The summed E-state index contributed by atoms with van der Waals surface area (Å²) in [6.45, 7) is 2.60. The van der Waals surface area contributed by atoms with Crippen LogP contribution in [0.15, 0.2) is 56.1 Å². The quantitative estimate of drug-likeness (QED) is 0.439. The van der Waals surface area contributed by atoms with E-state index in [1.807, 2.05) is 36.4 Å². The zero-order valence-electron chi connectivity index (χ0n) is 16.7. The molecule has 0 N–H and O–H groups in total. The van der Waals surface area contributed by atoms with E-state index >= 15 is 0 Å². The average Bonchev–Trinajstić information content (AvgIpc) is 3.30. The highest BCUT2D eigenvalue weighted by molar-refractivity contribution is 6.30. The summed E-state index contributed by atoms with van der Waals surface area (Å²) in [6.07, 6.45) is 4.88. The molecule has 1 aliphatic carbocycles. The Morgan fingerprint density at radius 3 is 2.71 bits per heavy atom. The third-order valence-electron chi connectivity index (χ3n) is 6.43. The topological polar surface area (TPSA) is 94.2 Å². The van der Waals surface area contributed by atoms with Gasteiger partial charge < -0.3 is 13.5 Å². The van der Waals surface area contributed by atoms with Gasteiger partial charge in [-0.3, -0.25) is 4.90 Å². The first-order valence-corrected chi connectivity index (χ1v) is 10.7. The van der Waals surface area contributed by atoms with E-state index in [0.29, 0.717) is 40.8 Å². The second kappa shape index (κ2) is 7.32. The second-order valence-corrected chi connectivity index (χ2v) is 8.79. The van der Waals surface area contributed by atoms with Gasteiger partial charge in [-0.05, 0) is 62.0 Å². The maximum Gasteiger partial charge on any atom is 0.241 e. The molecule has 31 heavy (non-hydrogen) atoms. The summed E-state index contributed by atoms with van der Waals surface area (Å²) in [6, 6.07) is 11.2. The van der Waals surface area contributed by atoms with E-state index in [1.54, 1.807) is 6.26 Å². The van der Waals surface area contributed by atoms with Crippen LogP contribution in [0.5, 0.6) is 0 Å². The average molecular weight is 438 g/mol. The minimum atomic E-state index is 0.267. The molecule has 1 aromatic carbocycles. The smallest absolute Gasteiger partial charge is 0.241 e. The monoisotopic (exact) mass is 437 g/mol. The van der Waals surface area contributed by atoms with Gasteiger partial charge in [0.1, 0.15) is 0 Å². The van der Waals surface area contributed by atoms with Gasteiger partial charge in [0.05, 0.1) is 12.8 Å². The van der Waals surface area contributed by atoms with Crippen molar-refractivity contribution in [2.24, 2.45) is 5.41 Å². The molecule has 0 amide bonds. The molecule has 3 aromatic heterocycles. The van der Waals surface area contributed by atoms with Gasteiger partial charge >= 0.3 is 0 Å². The minimum Gasteiger partial charge on any atom is -0.461 e. The molecule has 0 radical (unpaired) electrons. The van der Waals surface area contributed by atoms with Gasteiger partial charge in [0.2, 0.25) is 23.4 Å². The zero-order valence-corrected chi connectivity index (χ0v) is 17.5. The predicted molar refractivity (Wildman–Crippen MR) is 111 cm³/mol. The second-order valence-electron chi connectivity index (χ2n) is 8.35. The normalized spacial score (nSPS) is 20.4. The maximum absolute atomic E-state index is 6.08. The van der Waals surface area contributed by atoms with Gasteiger partial charge in [-0.25, -0.2) is 0 Å². The largest absolute Gasteiger partial charge is 0.461 e. The van der Waals surface area contributed by atoms with Crippen molar-refractivity contribution in [3.8, 4) is 23.0 Å². The Labute approximate surface area is 183 Å². The first kappa shape index (κ1) is 18.8. The van der Waals surface area contributed by atoms with Crippen LogP contribution in [0.25, 0.3) is 23.0 Å². The molecule has 1 aliphatic heterocycles. The van der Waals surface area contributed by atoms with Crippen molar-refractivity contribution in [1.29, 1.82) is 0 Å². The van der Waals surface area contributed by atoms with Gasteiger partial charge in [0.25, 0.3) is 0 Å². The molecule has 2 aliphatic rings. The van der Waals surface area contributed by atoms with Crippen molar-refractivity contribution in [2.45, 2.75) is 31.7 Å². The summed E-state index contributed by atoms with van der Waals surface area (Å²) >= 11 is 6.08. The first-order chi connectivity index (χ1) is 15.2. The number of likely N-dealkylation sites (tertiary alicyclic amines) is 1. The summed E-state index contributed by atoms with van der Waals surface area (Å²) in [7, 11) is 0. The summed E-state index contributed by atoms with van der Waals surface area (Å²) in [5.74, 6) is 3.39. The van der Waals surface area contributed by atoms with Gasteiger partial charge in [0, 0.05) is 16.5 Å². The van der Waals surface area contributed by atoms with Crippen LogP contribution in [0, 0.1) is 5.41 Å². The van der Waals surface area contributed by atoms with Crippen molar-refractivity contribution >= 4 is 11.6 Å². The van der Waals surface area contributed by atoms with Crippen molar-refractivity contribution in [3.63, 3.8) is 0 Å². The fourth-order valence-corrected chi connectivity index (χ4v) is 4.73. The van der Waals surface area contributed by atoms with Gasteiger partial charge in [-0.2, -0.15) is 9.97 Å².